The van der Waals surface area contributed by atoms with Crippen LogP contribution in [0.15, 0.2) is 23.1 Å². The number of hydrogen-bond donors (Lipinski definition) is 1. The van der Waals surface area contributed by atoms with Gasteiger partial charge in [-0.1, -0.05) is 13.8 Å². The average Bonchev–Trinajstić information content (AvgIpc) is 2.23. The van der Waals surface area contributed by atoms with E-state index in [1.54, 1.807) is 25.5 Å². The van der Waals surface area contributed by atoms with E-state index in [4.69, 9.17) is 0 Å². The van der Waals surface area contributed by atoms with Crippen molar-refractivity contribution in [3.63, 3.8) is 0 Å². The summed E-state index contributed by atoms with van der Waals surface area (Å²) in [5, 5.41) is 3.72. The van der Waals surface area contributed by atoms with Gasteiger partial charge in [0.15, 0.2) is 9.84 Å². The van der Waals surface area contributed by atoms with Crippen LogP contribution >= 0.6 is 7.14 Å². The maximum Gasteiger partial charge on any atom is 0.177 e. The first-order valence-corrected chi connectivity index (χ1v) is 10.6. The molecule has 0 spiro atoms. The Morgan fingerprint density at radius 1 is 1.26 bits per heavy atom. The molecule has 0 saturated heterocycles. The number of rotatable bonds is 5. The molecule has 1 aromatic carbocycles. The summed E-state index contributed by atoms with van der Waals surface area (Å²) < 4.78 is 35.8. The van der Waals surface area contributed by atoms with Gasteiger partial charge in [-0.2, -0.15) is 0 Å². The standard InChI is InChI=1S/C13H22NO3PS/c1-10(2)9-14-12-7-6-11(18(3,4)15)8-13(12)19(5,16)17/h6-8,10,14H,9H2,1-5H3. The lowest BCUT2D eigenvalue weighted by atomic mass is 10.2. The van der Waals surface area contributed by atoms with Gasteiger partial charge in [0.1, 0.15) is 7.14 Å². The molecule has 0 atom stereocenters. The van der Waals surface area contributed by atoms with Crippen LogP contribution in [0.5, 0.6) is 0 Å². The van der Waals surface area contributed by atoms with Crippen molar-refractivity contribution in [2.75, 3.05) is 31.4 Å². The van der Waals surface area contributed by atoms with Crippen molar-refractivity contribution in [3.8, 4) is 0 Å². The molecule has 0 aromatic heterocycles. The predicted octanol–water partition coefficient (Wildman–Crippen LogP) is 2.41. The van der Waals surface area contributed by atoms with E-state index in [0.717, 1.165) is 0 Å². The molecule has 0 saturated carbocycles. The van der Waals surface area contributed by atoms with Crippen molar-refractivity contribution in [1.82, 2.24) is 0 Å². The SMILES string of the molecule is CC(C)CNc1ccc(P(C)(C)=O)cc1S(C)(=O)=O. The highest BCUT2D eigenvalue weighted by molar-refractivity contribution is 7.91. The Balaban J connectivity index is 3.30. The third-order valence-corrected chi connectivity index (χ3v) is 5.35. The number of sulfone groups is 1. The second-order valence-electron chi connectivity index (χ2n) is 5.58. The van der Waals surface area contributed by atoms with Gasteiger partial charge in [-0.15, -0.1) is 0 Å². The highest BCUT2D eigenvalue weighted by Gasteiger charge is 2.19. The summed E-state index contributed by atoms with van der Waals surface area (Å²) >= 11 is 0. The molecule has 0 aliphatic heterocycles. The van der Waals surface area contributed by atoms with E-state index >= 15 is 0 Å². The molecule has 0 fully saturated rings. The number of anilines is 1. The summed E-state index contributed by atoms with van der Waals surface area (Å²) in [6, 6.07) is 4.96. The van der Waals surface area contributed by atoms with Crippen LogP contribution in [-0.2, 0) is 14.4 Å². The zero-order valence-corrected chi connectivity index (χ0v) is 13.8. The highest BCUT2D eigenvalue weighted by atomic mass is 32.2. The Morgan fingerprint density at radius 3 is 2.26 bits per heavy atom. The van der Waals surface area contributed by atoms with E-state index in [-0.39, 0.29) is 4.90 Å². The number of hydrogen-bond acceptors (Lipinski definition) is 4. The smallest absolute Gasteiger partial charge is 0.177 e. The summed E-state index contributed by atoms with van der Waals surface area (Å²) in [5.74, 6) is 0.413. The maximum absolute atomic E-state index is 12.1. The molecule has 108 valence electrons. The molecule has 0 heterocycles. The van der Waals surface area contributed by atoms with E-state index in [1.807, 2.05) is 13.8 Å². The van der Waals surface area contributed by atoms with Gasteiger partial charge in [0, 0.05) is 18.1 Å². The fourth-order valence-corrected chi connectivity index (χ4v) is 3.45. The van der Waals surface area contributed by atoms with Crippen LogP contribution in [0.1, 0.15) is 13.8 Å². The van der Waals surface area contributed by atoms with E-state index in [0.29, 0.717) is 23.5 Å². The molecule has 4 nitrogen and oxygen atoms in total. The van der Waals surface area contributed by atoms with Crippen LogP contribution in [0.2, 0.25) is 0 Å². The molecule has 0 aliphatic rings. The van der Waals surface area contributed by atoms with Crippen molar-refractivity contribution in [3.05, 3.63) is 18.2 Å². The molecule has 6 heteroatoms. The summed E-state index contributed by atoms with van der Waals surface area (Å²) in [6.45, 7) is 8.06. The molecule has 1 rings (SSSR count). The number of benzene rings is 1. The van der Waals surface area contributed by atoms with Crippen molar-refractivity contribution >= 4 is 28.0 Å². The monoisotopic (exact) mass is 303 g/mol. The Morgan fingerprint density at radius 2 is 1.84 bits per heavy atom. The van der Waals surface area contributed by atoms with Crippen LogP contribution in [0.25, 0.3) is 0 Å². The Labute approximate surface area is 115 Å². The predicted molar refractivity (Wildman–Crippen MR) is 82.0 cm³/mol. The van der Waals surface area contributed by atoms with E-state index in [9.17, 15) is 13.0 Å². The summed E-state index contributed by atoms with van der Waals surface area (Å²) in [5.41, 5.74) is 0.577. The number of nitrogens with one attached hydrogen (secondary N) is 1. The Hall–Kier alpha value is -0.800. The van der Waals surface area contributed by atoms with E-state index in [2.05, 4.69) is 5.32 Å². The zero-order valence-electron chi connectivity index (χ0n) is 12.1. The third kappa shape index (κ3) is 4.66. The molecule has 0 amide bonds. The fraction of sp³-hybridized carbons (Fsp3) is 0.538. The minimum Gasteiger partial charge on any atom is -0.384 e. The van der Waals surface area contributed by atoms with Gasteiger partial charge < -0.3 is 9.88 Å². The first-order valence-electron chi connectivity index (χ1n) is 6.15. The van der Waals surface area contributed by atoms with Crippen LogP contribution < -0.4 is 10.6 Å². The normalized spacial score (nSPS) is 12.7. The molecule has 0 unspecified atom stereocenters. The maximum atomic E-state index is 12.1. The van der Waals surface area contributed by atoms with Crippen molar-refractivity contribution in [1.29, 1.82) is 0 Å². The van der Waals surface area contributed by atoms with Crippen LogP contribution in [0.4, 0.5) is 5.69 Å². The fourth-order valence-electron chi connectivity index (χ4n) is 1.61. The lowest BCUT2D eigenvalue weighted by Gasteiger charge is -2.15. The summed E-state index contributed by atoms with van der Waals surface area (Å²) in [7, 11) is -5.81. The lowest BCUT2D eigenvalue weighted by molar-refractivity contribution is 0.588. The summed E-state index contributed by atoms with van der Waals surface area (Å²) in [4.78, 5) is 0.217. The van der Waals surface area contributed by atoms with Gasteiger partial charge in [0.05, 0.1) is 10.6 Å². The Kier molecular flexibility index (Phi) is 4.86. The van der Waals surface area contributed by atoms with Crippen LogP contribution in [-0.4, -0.2) is 34.5 Å². The van der Waals surface area contributed by atoms with Crippen LogP contribution in [0, 0.1) is 5.92 Å². The van der Waals surface area contributed by atoms with Gasteiger partial charge in [0.25, 0.3) is 0 Å². The molecular formula is C13H22NO3PS. The average molecular weight is 303 g/mol. The third-order valence-electron chi connectivity index (χ3n) is 2.69. The van der Waals surface area contributed by atoms with Gasteiger partial charge >= 0.3 is 0 Å². The molecule has 0 aliphatic carbocycles. The van der Waals surface area contributed by atoms with Crippen molar-refractivity contribution in [2.24, 2.45) is 5.92 Å². The summed E-state index contributed by atoms with van der Waals surface area (Å²) in [6.07, 6.45) is 1.17. The van der Waals surface area contributed by atoms with Gasteiger partial charge in [0.2, 0.25) is 0 Å². The van der Waals surface area contributed by atoms with Crippen molar-refractivity contribution < 1.29 is 13.0 Å². The largest absolute Gasteiger partial charge is 0.384 e. The lowest BCUT2D eigenvalue weighted by Crippen LogP contribution is -2.14. The first-order chi connectivity index (χ1) is 8.51. The minimum atomic E-state index is -3.35. The quantitative estimate of drug-likeness (QED) is 0.848. The second kappa shape index (κ2) is 5.68. The topological polar surface area (TPSA) is 63.2 Å². The van der Waals surface area contributed by atoms with Gasteiger partial charge in [-0.25, -0.2) is 8.42 Å². The first kappa shape index (κ1) is 16.3. The zero-order chi connectivity index (χ0) is 14.8. The van der Waals surface area contributed by atoms with E-state index in [1.165, 1.54) is 12.3 Å². The van der Waals surface area contributed by atoms with Gasteiger partial charge in [-0.3, -0.25) is 0 Å². The highest BCUT2D eigenvalue weighted by Crippen LogP contribution is 2.36. The minimum absolute atomic E-state index is 0.217. The molecule has 0 radical (unpaired) electrons. The Bertz CT molecular complexity index is 602. The molecule has 1 aromatic rings. The van der Waals surface area contributed by atoms with Crippen molar-refractivity contribution in [2.45, 2.75) is 18.7 Å². The molecule has 0 bridgehead atoms. The molecular weight excluding hydrogens is 281 g/mol. The second-order valence-corrected chi connectivity index (χ2v) is 10.8. The van der Waals surface area contributed by atoms with Gasteiger partial charge in [-0.05, 0) is 37.4 Å². The molecule has 19 heavy (non-hydrogen) atoms. The van der Waals surface area contributed by atoms with Crippen LogP contribution in [0.3, 0.4) is 0 Å². The van der Waals surface area contributed by atoms with E-state index < -0.39 is 17.0 Å². The molecule has 1 N–H and O–H groups in total.